The molecule has 0 radical (unpaired) electrons. The van der Waals surface area contributed by atoms with Crippen LogP contribution in [0.2, 0.25) is 0 Å². The molecule has 0 bridgehead atoms. The molecule has 0 aromatic heterocycles. The normalized spacial score (nSPS) is 10.7. The van der Waals surface area contributed by atoms with E-state index in [0.717, 1.165) is 0 Å². The summed E-state index contributed by atoms with van der Waals surface area (Å²) in [5, 5.41) is 19.6. The van der Waals surface area contributed by atoms with E-state index in [9.17, 15) is 10.1 Å². The molecule has 0 aliphatic carbocycles. The Morgan fingerprint density at radius 1 is 1.44 bits per heavy atom. The first-order valence-corrected chi connectivity index (χ1v) is 5.74. The minimum atomic E-state index is -0.464. The predicted molar refractivity (Wildman–Crippen MR) is 67.2 cm³/mol. The summed E-state index contributed by atoms with van der Waals surface area (Å²) in [6.45, 7) is 4.09. The van der Waals surface area contributed by atoms with Crippen molar-refractivity contribution in [2.75, 3.05) is 6.61 Å². The zero-order chi connectivity index (χ0) is 13.6. The van der Waals surface area contributed by atoms with Crippen molar-refractivity contribution in [2.24, 2.45) is 5.41 Å². The first-order valence-electron chi connectivity index (χ1n) is 5.74. The first-order chi connectivity index (χ1) is 8.46. The fraction of sp³-hybridized carbons (Fsp3) is 0.462. The zero-order valence-electron chi connectivity index (χ0n) is 10.5. The Balaban J connectivity index is 2.50. The van der Waals surface area contributed by atoms with E-state index in [2.05, 4.69) is 6.07 Å². The van der Waals surface area contributed by atoms with Crippen molar-refractivity contribution in [3.63, 3.8) is 0 Å². The summed E-state index contributed by atoms with van der Waals surface area (Å²) < 4.78 is 5.39. The second-order valence-electron chi connectivity index (χ2n) is 4.67. The van der Waals surface area contributed by atoms with Crippen LogP contribution in [-0.4, -0.2) is 11.5 Å². The fourth-order valence-electron chi connectivity index (χ4n) is 1.48. The van der Waals surface area contributed by atoms with Crippen molar-refractivity contribution < 1.29 is 9.66 Å². The van der Waals surface area contributed by atoms with E-state index in [-0.39, 0.29) is 16.9 Å². The van der Waals surface area contributed by atoms with E-state index in [1.165, 1.54) is 6.07 Å². The number of nitriles is 1. The number of hydrogen-bond donors (Lipinski definition) is 0. The topological polar surface area (TPSA) is 76.2 Å². The summed E-state index contributed by atoms with van der Waals surface area (Å²) in [4.78, 5) is 10.3. The van der Waals surface area contributed by atoms with Crippen LogP contribution in [0.5, 0.6) is 5.75 Å². The van der Waals surface area contributed by atoms with Crippen LogP contribution >= 0.6 is 0 Å². The molecule has 0 saturated carbocycles. The Morgan fingerprint density at radius 3 is 2.72 bits per heavy atom. The molecule has 0 unspecified atom stereocenters. The zero-order valence-corrected chi connectivity index (χ0v) is 10.5. The number of para-hydroxylation sites is 2. The van der Waals surface area contributed by atoms with Gasteiger partial charge >= 0.3 is 5.69 Å². The summed E-state index contributed by atoms with van der Waals surface area (Å²) in [5.74, 6) is 0.275. The number of nitro groups is 1. The van der Waals surface area contributed by atoms with E-state index >= 15 is 0 Å². The number of rotatable bonds is 6. The van der Waals surface area contributed by atoms with Crippen LogP contribution in [0, 0.1) is 26.9 Å². The van der Waals surface area contributed by atoms with E-state index in [1.54, 1.807) is 18.2 Å². The van der Waals surface area contributed by atoms with Crippen molar-refractivity contribution in [1.82, 2.24) is 0 Å². The maximum absolute atomic E-state index is 10.7. The number of hydrogen-bond acceptors (Lipinski definition) is 4. The summed E-state index contributed by atoms with van der Waals surface area (Å²) in [6.07, 6.45) is 1.39. The molecule has 5 nitrogen and oxygen atoms in total. The lowest BCUT2D eigenvalue weighted by Gasteiger charge is -2.14. The minimum absolute atomic E-state index is 0.0305. The number of nitrogens with zero attached hydrogens (tertiary/aromatic N) is 2. The average molecular weight is 248 g/mol. The summed E-state index contributed by atoms with van der Waals surface area (Å²) in [5.41, 5.74) is -0.413. The van der Waals surface area contributed by atoms with Gasteiger partial charge in [-0.3, -0.25) is 10.1 Å². The standard InChI is InChI=1S/C13H16N2O3/c1-13(2,10-14)8-5-9-18-12-7-4-3-6-11(12)15(16)17/h3-4,6-7H,5,8-9H2,1-2H3. The van der Waals surface area contributed by atoms with Crippen LogP contribution in [-0.2, 0) is 0 Å². The molecule has 0 N–H and O–H groups in total. The van der Waals surface area contributed by atoms with Gasteiger partial charge in [-0.2, -0.15) is 5.26 Å². The molecular formula is C13H16N2O3. The molecule has 0 aliphatic rings. The maximum atomic E-state index is 10.7. The molecule has 0 atom stereocenters. The summed E-state index contributed by atoms with van der Waals surface area (Å²) in [7, 11) is 0. The quantitative estimate of drug-likeness (QED) is 0.439. The van der Waals surface area contributed by atoms with Crippen molar-refractivity contribution in [3.8, 4) is 11.8 Å². The Hall–Kier alpha value is -2.09. The Morgan fingerprint density at radius 2 is 2.11 bits per heavy atom. The second-order valence-corrected chi connectivity index (χ2v) is 4.67. The first kappa shape index (κ1) is 14.0. The fourth-order valence-corrected chi connectivity index (χ4v) is 1.48. The van der Waals surface area contributed by atoms with Crippen LogP contribution in [0.15, 0.2) is 24.3 Å². The highest BCUT2D eigenvalue weighted by atomic mass is 16.6. The van der Waals surface area contributed by atoms with Crippen molar-refractivity contribution in [1.29, 1.82) is 5.26 Å². The van der Waals surface area contributed by atoms with Gasteiger partial charge in [-0.25, -0.2) is 0 Å². The summed E-state index contributed by atoms with van der Waals surface area (Å²) in [6, 6.07) is 8.49. The molecule has 96 valence electrons. The van der Waals surface area contributed by atoms with Crippen LogP contribution in [0.1, 0.15) is 26.7 Å². The van der Waals surface area contributed by atoms with Crippen molar-refractivity contribution in [2.45, 2.75) is 26.7 Å². The molecule has 1 aromatic rings. The number of ether oxygens (including phenoxy) is 1. The second kappa shape index (κ2) is 6.01. The Labute approximate surface area is 106 Å². The van der Waals surface area contributed by atoms with Crippen molar-refractivity contribution in [3.05, 3.63) is 34.4 Å². The SMILES string of the molecule is CC(C)(C#N)CCCOc1ccccc1[N+](=O)[O-]. The molecule has 0 amide bonds. The van der Waals surface area contributed by atoms with Gasteiger partial charge in [-0.1, -0.05) is 12.1 Å². The van der Waals surface area contributed by atoms with E-state index in [1.807, 2.05) is 13.8 Å². The largest absolute Gasteiger partial charge is 0.487 e. The summed E-state index contributed by atoms with van der Waals surface area (Å²) >= 11 is 0. The van der Waals surface area contributed by atoms with E-state index in [4.69, 9.17) is 10.00 Å². The van der Waals surface area contributed by atoms with Gasteiger partial charge in [0.15, 0.2) is 5.75 Å². The predicted octanol–water partition coefficient (Wildman–Crippen LogP) is 3.30. The molecule has 1 rings (SSSR count). The van der Waals surface area contributed by atoms with Gasteiger partial charge in [0.25, 0.3) is 0 Å². The maximum Gasteiger partial charge on any atom is 0.310 e. The van der Waals surface area contributed by atoms with Crippen LogP contribution in [0.3, 0.4) is 0 Å². The molecule has 1 aromatic carbocycles. The lowest BCUT2D eigenvalue weighted by atomic mass is 9.90. The highest BCUT2D eigenvalue weighted by Gasteiger charge is 2.17. The highest BCUT2D eigenvalue weighted by Crippen LogP contribution is 2.26. The van der Waals surface area contributed by atoms with E-state index < -0.39 is 4.92 Å². The van der Waals surface area contributed by atoms with Gasteiger partial charge in [0.2, 0.25) is 0 Å². The molecule has 0 aliphatic heterocycles. The molecule has 0 fully saturated rings. The number of benzene rings is 1. The molecular weight excluding hydrogens is 232 g/mol. The lowest BCUT2D eigenvalue weighted by Crippen LogP contribution is -2.10. The van der Waals surface area contributed by atoms with Crippen molar-refractivity contribution >= 4 is 5.69 Å². The Bertz CT molecular complexity index is 464. The van der Waals surface area contributed by atoms with E-state index in [0.29, 0.717) is 19.4 Å². The third kappa shape index (κ3) is 4.06. The average Bonchev–Trinajstić information content (AvgIpc) is 2.35. The third-order valence-corrected chi connectivity index (χ3v) is 2.57. The number of nitro benzene ring substituents is 1. The molecule has 5 heteroatoms. The van der Waals surface area contributed by atoms with Gasteiger partial charge < -0.3 is 4.74 Å². The minimum Gasteiger partial charge on any atom is -0.487 e. The Kier molecular flexibility index (Phi) is 4.67. The smallest absolute Gasteiger partial charge is 0.310 e. The monoisotopic (exact) mass is 248 g/mol. The molecule has 0 saturated heterocycles. The van der Waals surface area contributed by atoms with Gasteiger partial charge in [0.1, 0.15) is 0 Å². The molecule has 18 heavy (non-hydrogen) atoms. The highest BCUT2D eigenvalue weighted by molar-refractivity contribution is 5.45. The lowest BCUT2D eigenvalue weighted by molar-refractivity contribution is -0.385. The van der Waals surface area contributed by atoms with Crippen LogP contribution in [0.4, 0.5) is 5.69 Å². The van der Waals surface area contributed by atoms with Crippen LogP contribution in [0.25, 0.3) is 0 Å². The molecule has 0 heterocycles. The van der Waals surface area contributed by atoms with Gasteiger partial charge in [-0.05, 0) is 32.8 Å². The van der Waals surface area contributed by atoms with Gasteiger partial charge in [0.05, 0.1) is 23.0 Å². The van der Waals surface area contributed by atoms with Crippen LogP contribution < -0.4 is 4.74 Å². The third-order valence-electron chi connectivity index (χ3n) is 2.57. The molecule has 0 spiro atoms. The van der Waals surface area contributed by atoms with Gasteiger partial charge in [0, 0.05) is 6.07 Å². The van der Waals surface area contributed by atoms with Gasteiger partial charge in [-0.15, -0.1) is 0 Å².